The van der Waals surface area contributed by atoms with Gasteiger partial charge in [0.1, 0.15) is 11.9 Å². The Hall–Kier alpha value is -1.06. The Balaban J connectivity index is 2.13. The van der Waals surface area contributed by atoms with E-state index in [0.29, 0.717) is 18.6 Å². The molecular weight excluding hydrogens is 238 g/mol. The molecule has 3 atom stereocenters. The third-order valence-electron chi connectivity index (χ3n) is 4.02. The van der Waals surface area contributed by atoms with Gasteiger partial charge in [-0.3, -0.25) is 0 Å². The van der Waals surface area contributed by atoms with E-state index in [1.807, 2.05) is 13.1 Å². The second-order valence-corrected chi connectivity index (χ2v) is 5.26. The summed E-state index contributed by atoms with van der Waals surface area (Å²) >= 11 is 0. The molecule has 0 bridgehead atoms. The number of hydrogen-bond acceptors (Lipinski definition) is 3. The van der Waals surface area contributed by atoms with Crippen LogP contribution in [0, 0.1) is 0 Å². The quantitative estimate of drug-likeness (QED) is 0.886. The zero-order chi connectivity index (χ0) is 13.7. The van der Waals surface area contributed by atoms with Gasteiger partial charge in [0.2, 0.25) is 0 Å². The number of nitrogens with one attached hydrogen (secondary N) is 1. The third kappa shape index (κ3) is 3.48. The van der Waals surface area contributed by atoms with Gasteiger partial charge in [-0.05, 0) is 37.4 Å². The van der Waals surface area contributed by atoms with Crippen LogP contribution in [0.15, 0.2) is 24.3 Å². The maximum absolute atomic E-state index is 6.23. The normalized spacial score (nSPS) is 25.0. The van der Waals surface area contributed by atoms with E-state index < -0.39 is 0 Å². The molecule has 0 saturated carbocycles. The Labute approximate surface area is 116 Å². The lowest BCUT2D eigenvalue weighted by Crippen LogP contribution is -2.48. The molecule has 1 aliphatic heterocycles. The highest BCUT2D eigenvalue weighted by molar-refractivity contribution is 5.36. The zero-order valence-electron chi connectivity index (χ0n) is 12.2. The number of rotatable bonds is 5. The molecule has 0 aliphatic carbocycles. The van der Waals surface area contributed by atoms with Crippen molar-refractivity contribution < 1.29 is 9.47 Å². The average Bonchev–Trinajstić information content (AvgIpc) is 2.47. The topological polar surface area (TPSA) is 30.5 Å². The summed E-state index contributed by atoms with van der Waals surface area (Å²) in [6, 6.07) is 8.74. The van der Waals surface area contributed by atoms with Crippen molar-refractivity contribution in [1.82, 2.24) is 5.32 Å². The molecule has 1 heterocycles. The van der Waals surface area contributed by atoms with Crippen molar-refractivity contribution >= 4 is 0 Å². The molecule has 0 aromatic heterocycles. The van der Waals surface area contributed by atoms with Crippen molar-refractivity contribution in [2.24, 2.45) is 0 Å². The Bertz CT molecular complexity index is 394. The monoisotopic (exact) mass is 263 g/mol. The van der Waals surface area contributed by atoms with E-state index in [4.69, 9.17) is 9.47 Å². The van der Waals surface area contributed by atoms with Crippen LogP contribution in [0.3, 0.4) is 0 Å². The fourth-order valence-electron chi connectivity index (χ4n) is 2.54. The lowest BCUT2D eigenvalue weighted by atomic mass is 9.97. The molecule has 0 radical (unpaired) electrons. The number of likely N-dealkylation sites (N-methyl/N-ethyl adjacent to an activating group) is 1. The van der Waals surface area contributed by atoms with Gasteiger partial charge in [0.05, 0.1) is 6.61 Å². The molecule has 1 aromatic rings. The van der Waals surface area contributed by atoms with E-state index in [1.54, 1.807) is 0 Å². The van der Waals surface area contributed by atoms with Crippen LogP contribution in [-0.2, 0) is 4.74 Å². The van der Waals surface area contributed by atoms with Gasteiger partial charge in [-0.25, -0.2) is 0 Å². The summed E-state index contributed by atoms with van der Waals surface area (Å²) in [5.74, 6) is 1.53. The fraction of sp³-hybridized carbons (Fsp3) is 0.625. The molecule has 106 valence electrons. The second-order valence-electron chi connectivity index (χ2n) is 5.26. The molecule has 1 N–H and O–H groups in total. The molecule has 3 nitrogen and oxygen atoms in total. The van der Waals surface area contributed by atoms with Crippen LogP contribution in [-0.4, -0.2) is 32.4 Å². The van der Waals surface area contributed by atoms with E-state index in [2.05, 4.69) is 37.4 Å². The van der Waals surface area contributed by atoms with Gasteiger partial charge in [0, 0.05) is 12.6 Å². The standard InChI is InChI=1S/C16H25NO2/c1-4-12(2)13-7-5-6-8-15(13)19-16-11-18-10-9-14(16)17-3/h5-8,12,14,16-17H,4,9-11H2,1-3H3. The number of benzene rings is 1. The first-order valence-electron chi connectivity index (χ1n) is 7.26. The van der Waals surface area contributed by atoms with Crippen molar-refractivity contribution in [3.8, 4) is 5.75 Å². The van der Waals surface area contributed by atoms with Crippen LogP contribution in [0.4, 0.5) is 0 Å². The van der Waals surface area contributed by atoms with Gasteiger partial charge in [-0.15, -0.1) is 0 Å². The van der Waals surface area contributed by atoms with Crippen molar-refractivity contribution in [1.29, 1.82) is 0 Å². The molecule has 1 saturated heterocycles. The highest BCUT2D eigenvalue weighted by atomic mass is 16.5. The Morgan fingerprint density at radius 2 is 2.21 bits per heavy atom. The minimum Gasteiger partial charge on any atom is -0.486 e. The Kier molecular flexibility index (Phi) is 5.23. The van der Waals surface area contributed by atoms with Crippen LogP contribution in [0.5, 0.6) is 5.75 Å². The zero-order valence-corrected chi connectivity index (χ0v) is 12.2. The summed E-state index contributed by atoms with van der Waals surface area (Å²) in [5.41, 5.74) is 1.30. The predicted octanol–water partition coefficient (Wildman–Crippen LogP) is 2.96. The molecular formula is C16H25NO2. The highest BCUT2D eigenvalue weighted by Crippen LogP contribution is 2.30. The van der Waals surface area contributed by atoms with Gasteiger partial charge >= 0.3 is 0 Å². The second kappa shape index (κ2) is 6.92. The molecule has 1 aromatic carbocycles. The van der Waals surface area contributed by atoms with E-state index in [-0.39, 0.29) is 6.10 Å². The summed E-state index contributed by atoms with van der Waals surface area (Å²) in [6.45, 7) is 5.94. The SMILES string of the molecule is CCC(C)c1ccccc1OC1COCCC1NC. The smallest absolute Gasteiger partial charge is 0.137 e. The van der Waals surface area contributed by atoms with Crippen molar-refractivity contribution in [2.75, 3.05) is 20.3 Å². The average molecular weight is 263 g/mol. The van der Waals surface area contributed by atoms with Gasteiger partial charge in [-0.2, -0.15) is 0 Å². The van der Waals surface area contributed by atoms with E-state index >= 15 is 0 Å². The first-order chi connectivity index (χ1) is 9.26. The van der Waals surface area contributed by atoms with Crippen LogP contribution < -0.4 is 10.1 Å². The molecule has 3 heteroatoms. The number of hydrogen-bond donors (Lipinski definition) is 1. The molecule has 2 rings (SSSR count). The lowest BCUT2D eigenvalue weighted by molar-refractivity contribution is -0.0134. The van der Waals surface area contributed by atoms with E-state index in [9.17, 15) is 0 Å². The van der Waals surface area contributed by atoms with Crippen LogP contribution in [0.2, 0.25) is 0 Å². The molecule has 19 heavy (non-hydrogen) atoms. The summed E-state index contributed by atoms with van der Waals surface area (Å²) in [6.07, 6.45) is 2.23. The van der Waals surface area contributed by atoms with E-state index in [0.717, 1.165) is 25.2 Å². The Morgan fingerprint density at radius 3 is 2.95 bits per heavy atom. The Morgan fingerprint density at radius 1 is 1.42 bits per heavy atom. The highest BCUT2D eigenvalue weighted by Gasteiger charge is 2.27. The van der Waals surface area contributed by atoms with Gasteiger partial charge in [0.25, 0.3) is 0 Å². The first-order valence-corrected chi connectivity index (χ1v) is 7.26. The largest absolute Gasteiger partial charge is 0.486 e. The van der Waals surface area contributed by atoms with Crippen LogP contribution >= 0.6 is 0 Å². The van der Waals surface area contributed by atoms with Crippen molar-refractivity contribution in [2.45, 2.75) is 44.8 Å². The summed E-state index contributed by atoms with van der Waals surface area (Å²) in [5, 5.41) is 3.33. The summed E-state index contributed by atoms with van der Waals surface area (Å²) < 4.78 is 11.8. The van der Waals surface area contributed by atoms with Crippen LogP contribution in [0.25, 0.3) is 0 Å². The molecule has 1 aliphatic rings. The minimum absolute atomic E-state index is 0.101. The first kappa shape index (κ1) is 14.4. The van der Waals surface area contributed by atoms with Gasteiger partial charge in [-0.1, -0.05) is 32.0 Å². The predicted molar refractivity (Wildman–Crippen MR) is 77.8 cm³/mol. The van der Waals surface area contributed by atoms with Gasteiger partial charge in [0.15, 0.2) is 0 Å². The number of ether oxygens (including phenoxy) is 2. The third-order valence-corrected chi connectivity index (χ3v) is 4.02. The van der Waals surface area contributed by atoms with E-state index in [1.165, 1.54) is 5.56 Å². The fourth-order valence-corrected chi connectivity index (χ4v) is 2.54. The molecule has 1 fully saturated rings. The van der Waals surface area contributed by atoms with Crippen molar-refractivity contribution in [3.63, 3.8) is 0 Å². The van der Waals surface area contributed by atoms with Gasteiger partial charge < -0.3 is 14.8 Å². The van der Waals surface area contributed by atoms with Crippen LogP contribution in [0.1, 0.15) is 38.2 Å². The summed E-state index contributed by atoms with van der Waals surface area (Å²) in [4.78, 5) is 0. The molecule has 0 amide bonds. The maximum atomic E-state index is 6.23. The minimum atomic E-state index is 0.101. The van der Waals surface area contributed by atoms with Crippen molar-refractivity contribution in [3.05, 3.63) is 29.8 Å². The number of para-hydroxylation sites is 1. The lowest BCUT2D eigenvalue weighted by Gasteiger charge is -2.32. The maximum Gasteiger partial charge on any atom is 0.137 e. The molecule has 0 spiro atoms. The molecule has 3 unspecified atom stereocenters. The summed E-state index contributed by atoms with van der Waals surface area (Å²) in [7, 11) is 1.99.